The van der Waals surface area contributed by atoms with Crippen molar-refractivity contribution in [2.75, 3.05) is 40.9 Å². The maximum absolute atomic E-state index is 13.0. The third-order valence-electron chi connectivity index (χ3n) is 17.0. The zero-order chi connectivity index (χ0) is 71.8. The Hall–Kier alpha value is -8.58. The monoisotopic (exact) mass is 1560 g/mol. The van der Waals surface area contributed by atoms with Gasteiger partial charge >= 0.3 is 0 Å². The van der Waals surface area contributed by atoms with Crippen molar-refractivity contribution in [2.24, 2.45) is 28.2 Å². The highest BCUT2D eigenvalue weighted by Crippen LogP contribution is 2.36. The number of piperidine rings is 1. The van der Waals surface area contributed by atoms with Crippen molar-refractivity contribution in [1.82, 2.24) is 102 Å². The second-order valence-corrected chi connectivity index (χ2v) is 27.7. The summed E-state index contributed by atoms with van der Waals surface area (Å²) in [5.41, 5.74) is 6.94. The van der Waals surface area contributed by atoms with Gasteiger partial charge in [0.25, 0.3) is 0 Å². The highest BCUT2D eigenvalue weighted by atomic mass is 35.5. The number of anilines is 8. The standard InChI is InChI=1S/C17H21Cl2N7.C17H20Cl2N6O.C16H11Cl3N6.C16H11Cl2FN6/c1-3-25-6-4-11(5-7-25)26-10-14(15(19)23-26)21-17-20-8-12-13(18)9-24(2)16(12)22-17;1-9-4-11(5-10(2)26-9)25-8-14(15(19)23-25)21-17-20-6-12-13(18)7-24(3)16(12)22-17;1-24-8-12(18)11-6-20-16(23-15(11)24)22-13-7-21-25(14(13)19)10-4-2-9(17)3-5-10;1-24-7-12(17)11-6-20-16(22-15(11)24)21-13-8-25(23-14(13)18)10-4-2-9(19)3-5-10/h8-11H,3-7H2,1-2H3,(H,20,21,22);6-11H,4-5H2,1-3H3,(H,20,21,22);2-8H,1H3,(H,20,22,23);2-8H,1H3,(H,20,21,22). The van der Waals surface area contributed by atoms with Crippen LogP contribution in [0.1, 0.15) is 58.5 Å². The van der Waals surface area contributed by atoms with Gasteiger partial charge in [-0.05, 0) is 94.6 Å². The van der Waals surface area contributed by atoms with Gasteiger partial charge in [-0.25, -0.2) is 33.7 Å². The fraction of sp³-hybridized carbons (Fsp3) is 0.273. The molecule has 528 valence electrons. The summed E-state index contributed by atoms with van der Waals surface area (Å²) in [6, 6.07) is 13.8. The average molecular weight is 1560 g/mol. The van der Waals surface area contributed by atoms with Gasteiger partial charge in [-0.3, -0.25) is 9.36 Å². The lowest BCUT2D eigenvalue weighted by Gasteiger charge is -2.32. The summed E-state index contributed by atoms with van der Waals surface area (Å²) in [7, 11) is 7.52. The molecule has 12 aromatic heterocycles. The van der Waals surface area contributed by atoms with Crippen LogP contribution < -0.4 is 21.3 Å². The van der Waals surface area contributed by atoms with E-state index in [9.17, 15) is 4.39 Å². The van der Waals surface area contributed by atoms with Crippen molar-refractivity contribution in [3.05, 3.63) is 174 Å². The highest BCUT2D eigenvalue weighted by Gasteiger charge is 2.28. The van der Waals surface area contributed by atoms with E-state index in [1.165, 1.54) is 12.1 Å². The Kier molecular flexibility index (Phi) is 21.7. The number of hydrogen-bond donors (Lipinski definition) is 4. The Morgan fingerprint density at radius 1 is 0.461 bits per heavy atom. The molecule has 2 unspecified atom stereocenters. The Morgan fingerprint density at radius 2 is 0.843 bits per heavy atom. The molecule has 4 N–H and O–H groups in total. The van der Waals surface area contributed by atoms with E-state index >= 15 is 0 Å². The molecule has 2 fully saturated rings. The molecule has 0 bridgehead atoms. The van der Waals surface area contributed by atoms with Crippen molar-refractivity contribution < 1.29 is 9.13 Å². The molecule has 14 aromatic rings. The lowest BCUT2D eigenvalue weighted by molar-refractivity contribution is -0.0506. The van der Waals surface area contributed by atoms with Gasteiger partial charge in [0, 0.05) is 95.9 Å². The molecule has 2 atom stereocenters. The third-order valence-corrected chi connectivity index (χ3v) is 19.7. The van der Waals surface area contributed by atoms with Gasteiger partial charge in [0.15, 0.2) is 20.6 Å². The second kappa shape index (κ2) is 30.8. The lowest BCUT2D eigenvalue weighted by Crippen LogP contribution is -2.34. The molecule has 0 radical (unpaired) electrons. The summed E-state index contributed by atoms with van der Waals surface area (Å²) in [5, 5.41) is 37.7. The van der Waals surface area contributed by atoms with Gasteiger partial charge in [0.1, 0.15) is 28.4 Å². The largest absolute Gasteiger partial charge is 0.375 e. The molecular weight excluding hydrogens is 1500 g/mol. The normalized spacial score (nSPS) is 15.7. The summed E-state index contributed by atoms with van der Waals surface area (Å²) in [4.78, 5) is 37.6. The minimum absolute atomic E-state index is 0.205. The van der Waals surface area contributed by atoms with Crippen LogP contribution in [0.5, 0.6) is 0 Å². The van der Waals surface area contributed by atoms with Crippen LogP contribution in [-0.2, 0) is 32.9 Å². The molecule has 0 spiro atoms. The first-order valence-electron chi connectivity index (χ1n) is 31.9. The molecule has 36 heteroatoms. The number of hydrogen-bond acceptors (Lipinski definition) is 18. The van der Waals surface area contributed by atoms with Crippen LogP contribution in [0.3, 0.4) is 0 Å². The predicted octanol–water partition coefficient (Wildman–Crippen LogP) is 17.4. The van der Waals surface area contributed by atoms with Crippen molar-refractivity contribution in [3.8, 4) is 11.4 Å². The van der Waals surface area contributed by atoms with E-state index in [1.807, 2.05) is 92.7 Å². The van der Waals surface area contributed by atoms with Crippen LogP contribution in [0.25, 0.3) is 55.5 Å². The molecule has 2 saturated heterocycles. The first-order valence-corrected chi connectivity index (χ1v) is 35.3. The Labute approximate surface area is 627 Å². The molecule has 16 rings (SSSR count). The molecule has 0 aliphatic carbocycles. The van der Waals surface area contributed by atoms with E-state index in [2.05, 4.69) is 107 Å². The summed E-state index contributed by atoms with van der Waals surface area (Å²) in [5.74, 6) is 1.38. The fourth-order valence-electron chi connectivity index (χ4n) is 11.9. The molecule has 2 aliphatic rings. The summed E-state index contributed by atoms with van der Waals surface area (Å²) in [6.45, 7) is 9.65. The van der Waals surface area contributed by atoms with Gasteiger partial charge in [-0.15, -0.1) is 0 Å². The molecule has 2 aliphatic heterocycles. The zero-order valence-corrected chi connectivity index (χ0v) is 62.2. The molecule has 14 heterocycles. The number of rotatable bonds is 13. The SMILES string of the molecule is CC1CC(n2cc(Nc3ncc4c(Cl)cn(C)c4n3)c(Cl)n2)CC(C)O1.CCN1CCC(n2cc(Nc3ncc4c(Cl)cn(C)c4n3)c(Cl)n2)CC1.Cn1cc(Cl)c2cnc(Nc3cn(-c4ccc(F)cc4)nc3Cl)nc21.Cn1cc(Cl)c2cnc(Nc3cnn(-c4ccc(Cl)cc4)c3Cl)nc21. The number of aromatic nitrogens is 20. The van der Waals surface area contributed by atoms with Gasteiger partial charge in [0.05, 0.1) is 125 Å². The summed E-state index contributed by atoms with van der Waals surface area (Å²) >= 11 is 55.8. The average Bonchev–Trinajstić information content (AvgIpc) is 1.66. The zero-order valence-electron chi connectivity index (χ0n) is 55.4. The maximum Gasteiger partial charge on any atom is 0.229 e. The minimum Gasteiger partial charge on any atom is -0.375 e. The Morgan fingerprint density at radius 3 is 1.26 bits per heavy atom. The van der Waals surface area contributed by atoms with Crippen molar-refractivity contribution >= 4 is 195 Å². The number of halogens is 10. The smallest absolute Gasteiger partial charge is 0.229 e. The van der Waals surface area contributed by atoms with E-state index in [-0.39, 0.29) is 29.2 Å². The van der Waals surface area contributed by atoms with E-state index in [0.29, 0.717) is 104 Å². The lowest BCUT2D eigenvalue weighted by atomic mass is 10.0. The first kappa shape index (κ1) is 71.8. The molecule has 26 nitrogen and oxygen atoms in total. The molecular formula is C66H63Cl9FN25O. The Balaban J connectivity index is 0.000000121. The van der Waals surface area contributed by atoms with E-state index in [4.69, 9.17) is 109 Å². The van der Waals surface area contributed by atoms with Crippen molar-refractivity contribution in [3.63, 3.8) is 0 Å². The fourth-order valence-corrected chi connectivity index (χ4v) is 13.9. The number of nitrogens with one attached hydrogen (secondary N) is 4. The summed E-state index contributed by atoms with van der Waals surface area (Å²) < 4.78 is 33.2. The minimum atomic E-state index is -0.316. The number of benzene rings is 2. The van der Waals surface area contributed by atoms with E-state index in [0.717, 1.165) is 89.5 Å². The highest BCUT2D eigenvalue weighted by molar-refractivity contribution is 6.37. The molecule has 102 heavy (non-hydrogen) atoms. The number of aryl methyl sites for hydroxylation is 4. The third kappa shape index (κ3) is 16.0. The van der Waals surface area contributed by atoms with Crippen LogP contribution in [-0.4, -0.2) is 134 Å². The van der Waals surface area contributed by atoms with Gasteiger partial charge in [0.2, 0.25) is 23.8 Å². The molecule has 0 amide bonds. The number of fused-ring (bicyclic) bond motifs is 4. The number of nitrogens with zero attached hydrogens (tertiary/aromatic N) is 21. The van der Waals surface area contributed by atoms with Crippen molar-refractivity contribution in [2.45, 2.75) is 70.7 Å². The predicted molar refractivity (Wildman–Crippen MR) is 402 cm³/mol. The Bertz CT molecular complexity index is 5230. The quantitative estimate of drug-likeness (QED) is 0.0837. The van der Waals surface area contributed by atoms with E-state index in [1.54, 1.807) is 83.2 Å². The first-order chi connectivity index (χ1) is 49.0. The second-order valence-electron chi connectivity index (χ2n) is 24.2. The number of ether oxygens (including phenoxy) is 1. The summed E-state index contributed by atoms with van der Waals surface area (Å²) in [6.07, 6.45) is 25.4. The van der Waals surface area contributed by atoms with Crippen LogP contribution in [0.15, 0.2) is 123 Å². The van der Waals surface area contributed by atoms with Gasteiger partial charge < -0.3 is 49.2 Å². The number of likely N-dealkylation sites (tertiary alicyclic amines) is 1. The topological polar surface area (TPSA) is 255 Å². The van der Waals surface area contributed by atoms with Gasteiger partial charge in [-0.2, -0.15) is 40.3 Å². The van der Waals surface area contributed by atoms with Gasteiger partial charge in [-0.1, -0.05) is 111 Å². The van der Waals surface area contributed by atoms with Crippen LogP contribution >= 0.6 is 104 Å². The molecule has 2 aromatic carbocycles. The van der Waals surface area contributed by atoms with E-state index < -0.39 is 0 Å². The van der Waals surface area contributed by atoms with Crippen LogP contribution in [0, 0.1) is 5.82 Å². The van der Waals surface area contributed by atoms with Crippen LogP contribution in [0.2, 0.25) is 45.7 Å². The van der Waals surface area contributed by atoms with Crippen LogP contribution in [0.4, 0.5) is 50.9 Å². The van der Waals surface area contributed by atoms with Crippen molar-refractivity contribution in [1.29, 1.82) is 0 Å². The maximum atomic E-state index is 13.0. The molecule has 0 saturated carbocycles.